The number of halogens is 2. The normalized spacial score (nSPS) is 10.3. The third-order valence-electron chi connectivity index (χ3n) is 1.75. The van der Waals surface area contributed by atoms with Gasteiger partial charge in [-0.15, -0.1) is 11.3 Å². The summed E-state index contributed by atoms with van der Waals surface area (Å²) in [5.41, 5.74) is 2.62. The fraction of sp³-hybridized carbons (Fsp3) is 0.100. The highest BCUT2D eigenvalue weighted by Crippen LogP contribution is 2.26. The molecule has 0 amide bonds. The Hall–Kier alpha value is -0.940. The van der Waals surface area contributed by atoms with Gasteiger partial charge in [0.05, 0.1) is 15.7 Å². The molecule has 0 N–H and O–H groups in total. The molecule has 0 spiro atoms. The van der Waals surface area contributed by atoms with E-state index in [2.05, 4.69) is 20.9 Å². The Morgan fingerprint density at radius 3 is 3.00 bits per heavy atom. The Bertz CT molecular complexity index is 447. The molecule has 2 rings (SSSR count). The van der Waals surface area contributed by atoms with E-state index >= 15 is 0 Å². The minimum atomic E-state index is -0.289. The van der Waals surface area contributed by atoms with Crippen LogP contribution in [0.4, 0.5) is 4.39 Å². The van der Waals surface area contributed by atoms with E-state index < -0.39 is 0 Å². The molecule has 0 aliphatic heterocycles. The first-order chi connectivity index (χ1) is 7.25. The van der Waals surface area contributed by atoms with Crippen LogP contribution in [-0.2, 0) is 6.61 Å². The summed E-state index contributed by atoms with van der Waals surface area (Å²) in [6, 6.07) is 4.32. The van der Waals surface area contributed by atoms with Gasteiger partial charge in [-0.25, -0.2) is 9.37 Å². The van der Waals surface area contributed by atoms with Gasteiger partial charge in [-0.2, -0.15) is 0 Å². The van der Waals surface area contributed by atoms with E-state index in [-0.39, 0.29) is 5.82 Å². The van der Waals surface area contributed by atoms with Gasteiger partial charge in [0.15, 0.2) is 0 Å². The van der Waals surface area contributed by atoms with Crippen molar-refractivity contribution in [3.63, 3.8) is 0 Å². The van der Waals surface area contributed by atoms with Crippen LogP contribution >= 0.6 is 27.3 Å². The molecular formula is C10H7BrFNOS. The van der Waals surface area contributed by atoms with Gasteiger partial charge in [0.2, 0.25) is 0 Å². The average molecular weight is 288 g/mol. The lowest BCUT2D eigenvalue weighted by Crippen LogP contribution is -1.96. The smallest absolute Gasteiger partial charge is 0.134 e. The number of rotatable bonds is 3. The molecule has 0 aliphatic rings. The van der Waals surface area contributed by atoms with Crippen LogP contribution in [0, 0.1) is 5.82 Å². The van der Waals surface area contributed by atoms with Crippen molar-refractivity contribution in [1.82, 2.24) is 4.98 Å². The molecule has 78 valence electrons. The Morgan fingerprint density at radius 1 is 1.47 bits per heavy atom. The van der Waals surface area contributed by atoms with Crippen molar-refractivity contribution in [1.29, 1.82) is 0 Å². The van der Waals surface area contributed by atoms with Gasteiger partial charge in [0.1, 0.15) is 18.2 Å². The number of hydrogen-bond donors (Lipinski definition) is 0. The predicted molar refractivity (Wildman–Crippen MR) is 60.5 cm³/mol. The quantitative estimate of drug-likeness (QED) is 0.860. The van der Waals surface area contributed by atoms with Crippen LogP contribution in [0.1, 0.15) is 5.69 Å². The van der Waals surface area contributed by atoms with Crippen molar-refractivity contribution in [2.24, 2.45) is 0 Å². The average Bonchev–Trinajstić information content (AvgIpc) is 2.69. The second-order valence-corrected chi connectivity index (χ2v) is 4.42. The van der Waals surface area contributed by atoms with Gasteiger partial charge in [-0.05, 0) is 34.1 Å². The van der Waals surface area contributed by atoms with E-state index in [1.165, 1.54) is 23.5 Å². The third kappa shape index (κ3) is 2.76. The maximum Gasteiger partial charge on any atom is 0.134 e. The number of hydrogen-bond acceptors (Lipinski definition) is 3. The molecule has 0 bridgehead atoms. The molecule has 0 fully saturated rings. The zero-order chi connectivity index (χ0) is 10.7. The maximum atomic E-state index is 12.8. The van der Waals surface area contributed by atoms with Gasteiger partial charge in [0, 0.05) is 5.38 Å². The minimum absolute atomic E-state index is 0.289. The van der Waals surface area contributed by atoms with E-state index in [4.69, 9.17) is 4.74 Å². The van der Waals surface area contributed by atoms with Crippen molar-refractivity contribution in [3.8, 4) is 5.75 Å². The van der Waals surface area contributed by atoms with E-state index in [1.54, 1.807) is 11.6 Å². The first-order valence-corrected chi connectivity index (χ1v) is 5.94. The lowest BCUT2D eigenvalue weighted by molar-refractivity contribution is 0.299. The van der Waals surface area contributed by atoms with Crippen LogP contribution in [0.15, 0.2) is 33.6 Å². The van der Waals surface area contributed by atoms with Crippen molar-refractivity contribution in [2.45, 2.75) is 6.61 Å². The molecule has 0 unspecified atom stereocenters. The molecule has 0 saturated carbocycles. The molecule has 1 heterocycles. The molecule has 0 aliphatic carbocycles. The topological polar surface area (TPSA) is 22.1 Å². The molecule has 0 radical (unpaired) electrons. The number of aromatic nitrogens is 1. The number of benzene rings is 1. The van der Waals surface area contributed by atoms with Gasteiger partial charge < -0.3 is 4.74 Å². The van der Waals surface area contributed by atoms with E-state index in [9.17, 15) is 4.39 Å². The Morgan fingerprint density at radius 2 is 2.33 bits per heavy atom. The molecule has 5 heteroatoms. The molecular weight excluding hydrogens is 281 g/mol. The molecule has 0 saturated heterocycles. The summed E-state index contributed by atoms with van der Waals surface area (Å²) in [4.78, 5) is 4.08. The van der Waals surface area contributed by atoms with E-state index in [0.29, 0.717) is 16.8 Å². The van der Waals surface area contributed by atoms with Crippen LogP contribution in [0.2, 0.25) is 0 Å². The van der Waals surface area contributed by atoms with Gasteiger partial charge >= 0.3 is 0 Å². The van der Waals surface area contributed by atoms with Gasteiger partial charge in [-0.3, -0.25) is 0 Å². The largest absolute Gasteiger partial charge is 0.486 e. The molecule has 15 heavy (non-hydrogen) atoms. The highest BCUT2D eigenvalue weighted by Gasteiger charge is 2.03. The van der Waals surface area contributed by atoms with Crippen molar-refractivity contribution in [2.75, 3.05) is 0 Å². The zero-order valence-corrected chi connectivity index (χ0v) is 10.0. The maximum absolute atomic E-state index is 12.8. The second-order valence-electron chi connectivity index (χ2n) is 2.84. The summed E-state index contributed by atoms with van der Waals surface area (Å²) in [6.45, 7) is 0.397. The first kappa shape index (κ1) is 10.6. The zero-order valence-electron chi connectivity index (χ0n) is 7.61. The lowest BCUT2D eigenvalue weighted by Gasteiger charge is -2.06. The van der Waals surface area contributed by atoms with Crippen molar-refractivity contribution >= 4 is 27.3 Å². The molecule has 2 aromatic rings. The predicted octanol–water partition coefficient (Wildman–Crippen LogP) is 3.62. The van der Waals surface area contributed by atoms with Gasteiger partial charge in [-0.1, -0.05) is 0 Å². The Balaban J connectivity index is 2.05. The van der Waals surface area contributed by atoms with Crippen LogP contribution in [0.3, 0.4) is 0 Å². The number of ether oxygens (including phenoxy) is 1. The second kappa shape index (κ2) is 4.72. The van der Waals surface area contributed by atoms with Crippen molar-refractivity contribution in [3.05, 3.63) is 45.1 Å². The monoisotopic (exact) mass is 287 g/mol. The fourth-order valence-corrected chi connectivity index (χ4v) is 2.06. The third-order valence-corrected chi connectivity index (χ3v) is 3.01. The van der Waals surface area contributed by atoms with E-state index in [0.717, 1.165) is 5.69 Å². The van der Waals surface area contributed by atoms with Crippen LogP contribution in [-0.4, -0.2) is 4.98 Å². The summed E-state index contributed by atoms with van der Waals surface area (Å²) in [5, 5.41) is 1.91. The Kier molecular flexibility index (Phi) is 3.33. The molecule has 2 nitrogen and oxygen atoms in total. The van der Waals surface area contributed by atoms with Crippen molar-refractivity contribution < 1.29 is 9.13 Å². The first-order valence-electron chi connectivity index (χ1n) is 4.20. The summed E-state index contributed by atoms with van der Waals surface area (Å²) in [7, 11) is 0. The van der Waals surface area contributed by atoms with Crippen LogP contribution in [0.25, 0.3) is 0 Å². The summed E-state index contributed by atoms with van der Waals surface area (Å²) in [5.74, 6) is 0.326. The summed E-state index contributed by atoms with van der Waals surface area (Å²) in [6.07, 6.45) is 0. The fourth-order valence-electron chi connectivity index (χ4n) is 1.05. The summed E-state index contributed by atoms with van der Waals surface area (Å²) >= 11 is 4.75. The summed E-state index contributed by atoms with van der Waals surface area (Å²) < 4.78 is 18.8. The van der Waals surface area contributed by atoms with Crippen LogP contribution < -0.4 is 4.74 Å². The minimum Gasteiger partial charge on any atom is -0.486 e. The lowest BCUT2D eigenvalue weighted by atomic mass is 10.3. The number of thiazole rings is 1. The highest BCUT2D eigenvalue weighted by atomic mass is 79.9. The SMILES string of the molecule is Fc1ccc(OCc2cscn2)c(Br)c1. The molecule has 1 aromatic carbocycles. The molecule has 0 atom stereocenters. The van der Waals surface area contributed by atoms with Gasteiger partial charge in [0.25, 0.3) is 0 Å². The number of nitrogens with zero attached hydrogens (tertiary/aromatic N) is 1. The standard InChI is InChI=1S/C10H7BrFNOS/c11-9-3-7(12)1-2-10(9)14-4-8-5-15-6-13-8/h1-3,5-6H,4H2. The van der Waals surface area contributed by atoms with E-state index in [1.807, 2.05) is 5.38 Å². The molecule has 1 aromatic heterocycles. The van der Waals surface area contributed by atoms with Crippen LogP contribution in [0.5, 0.6) is 5.75 Å². The highest BCUT2D eigenvalue weighted by molar-refractivity contribution is 9.10. The Labute approximate surface area is 98.9 Å².